The second-order valence-corrected chi connectivity index (χ2v) is 11.2. The van der Waals surface area contributed by atoms with E-state index in [0.717, 1.165) is 38.6 Å². The number of piperidine rings is 2. The van der Waals surface area contributed by atoms with Crippen LogP contribution in [-0.2, 0) is 10.0 Å². The molecule has 0 N–H and O–H groups in total. The molecule has 4 rings (SSSR count). The molecule has 1 aromatic rings. The smallest absolute Gasteiger partial charge is 0.254 e. The topological polar surface area (TPSA) is 57.7 Å². The van der Waals surface area contributed by atoms with Crippen LogP contribution in [0.5, 0.6) is 0 Å². The summed E-state index contributed by atoms with van der Waals surface area (Å²) in [5, 5.41) is 0. The number of rotatable bonds is 3. The zero-order valence-corrected chi connectivity index (χ0v) is 18.5. The largest absolute Gasteiger partial charge is 0.335 e. The Kier molecular flexibility index (Phi) is 6.03. The van der Waals surface area contributed by atoms with E-state index in [-0.39, 0.29) is 16.8 Å². The molecule has 0 radical (unpaired) electrons. The van der Waals surface area contributed by atoms with E-state index in [1.54, 1.807) is 28.6 Å². The minimum absolute atomic E-state index is 0.00228. The number of carbonyl (C=O) groups is 1. The number of benzene rings is 1. The number of hydrogen-bond acceptors (Lipinski definition) is 3. The van der Waals surface area contributed by atoms with Crippen molar-refractivity contribution in [3.8, 4) is 0 Å². The van der Waals surface area contributed by atoms with Crippen molar-refractivity contribution in [3.05, 3.63) is 29.8 Å². The van der Waals surface area contributed by atoms with Crippen molar-refractivity contribution in [2.45, 2.75) is 82.2 Å². The van der Waals surface area contributed by atoms with Gasteiger partial charge in [-0.1, -0.05) is 32.3 Å². The van der Waals surface area contributed by atoms with Crippen LogP contribution in [0.25, 0.3) is 0 Å². The number of likely N-dealkylation sites (tertiary alicyclic amines) is 1. The van der Waals surface area contributed by atoms with Crippen molar-refractivity contribution in [1.29, 1.82) is 0 Å². The van der Waals surface area contributed by atoms with Gasteiger partial charge >= 0.3 is 0 Å². The van der Waals surface area contributed by atoms with Crippen molar-refractivity contribution in [2.24, 2.45) is 11.8 Å². The number of amides is 1. The zero-order chi connectivity index (χ0) is 20.6. The summed E-state index contributed by atoms with van der Waals surface area (Å²) in [4.78, 5) is 15.7. The minimum atomic E-state index is -3.57. The Labute approximate surface area is 175 Å². The fourth-order valence-corrected chi connectivity index (χ4v) is 7.43. The summed E-state index contributed by atoms with van der Waals surface area (Å²) in [5.74, 6) is 1.25. The highest BCUT2D eigenvalue weighted by Gasteiger charge is 2.40. The van der Waals surface area contributed by atoms with E-state index in [1.807, 2.05) is 11.8 Å². The lowest BCUT2D eigenvalue weighted by molar-refractivity contribution is 0.0217. The van der Waals surface area contributed by atoms with E-state index in [0.29, 0.717) is 30.0 Å². The van der Waals surface area contributed by atoms with Crippen molar-refractivity contribution in [3.63, 3.8) is 0 Å². The molecule has 2 heterocycles. The minimum Gasteiger partial charge on any atom is -0.335 e. The van der Waals surface area contributed by atoms with Gasteiger partial charge in [0.2, 0.25) is 10.0 Å². The maximum absolute atomic E-state index is 13.4. The van der Waals surface area contributed by atoms with Crippen molar-refractivity contribution in [2.75, 3.05) is 13.1 Å². The van der Waals surface area contributed by atoms with E-state index in [1.165, 1.54) is 19.3 Å². The van der Waals surface area contributed by atoms with Gasteiger partial charge in [0.25, 0.3) is 5.91 Å². The van der Waals surface area contributed by atoms with Gasteiger partial charge < -0.3 is 4.90 Å². The van der Waals surface area contributed by atoms with Crippen LogP contribution >= 0.6 is 0 Å². The van der Waals surface area contributed by atoms with Crippen LogP contribution in [0.3, 0.4) is 0 Å². The normalized spacial score (nSPS) is 31.3. The van der Waals surface area contributed by atoms with Crippen molar-refractivity contribution < 1.29 is 13.2 Å². The van der Waals surface area contributed by atoms with Gasteiger partial charge in [0.1, 0.15) is 0 Å². The highest BCUT2D eigenvalue weighted by atomic mass is 32.2. The Morgan fingerprint density at radius 3 is 2.52 bits per heavy atom. The third-order valence-electron chi connectivity index (χ3n) is 7.43. The fraction of sp³-hybridized carbons (Fsp3) is 0.696. The van der Waals surface area contributed by atoms with E-state index < -0.39 is 10.0 Å². The van der Waals surface area contributed by atoms with Gasteiger partial charge in [-0.3, -0.25) is 4.79 Å². The highest BCUT2D eigenvalue weighted by Crippen LogP contribution is 2.39. The number of sulfonamides is 1. The van der Waals surface area contributed by atoms with E-state index in [2.05, 4.69) is 6.92 Å². The van der Waals surface area contributed by atoms with Crippen LogP contribution in [0.4, 0.5) is 0 Å². The Hall–Kier alpha value is -1.40. The highest BCUT2D eigenvalue weighted by molar-refractivity contribution is 7.89. The molecule has 1 amide bonds. The van der Waals surface area contributed by atoms with Gasteiger partial charge in [-0.2, -0.15) is 4.31 Å². The molecule has 1 saturated carbocycles. The molecule has 0 spiro atoms. The standard InChI is InChI=1S/C23H34N2O3S/c1-17-13-15-24(22-12-4-3-11-21(17)22)23(26)19-9-7-10-20(16-19)29(27,28)25-14-6-5-8-18(25)2/h7,9-10,16-18,21-22H,3-6,8,11-15H2,1-2H3. The van der Waals surface area contributed by atoms with Crippen molar-refractivity contribution in [1.82, 2.24) is 9.21 Å². The third kappa shape index (κ3) is 3.98. The summed E-state index contributed by atoms with van der Waals surface area (Å²) >= 11 is 0. The number of fused-ring (bicyclic) bond motifs is 1. The predicted molar refractivity (Wildman–Crippen MR) is 114 cm³/mol. The molecule has 5 nitrogen and oxygen atoms in total. The van der Waals surface area contributed by atoms with Crippen LogP contribution < -0.4 is 0 Å². The molecule has 0 aromatic heterocycles. The van der Waals surface area contributed by atoms with E-state index in [4.69, 9.17) is 0 Å². The second kappa shape index (κ2) is 8.38. The fourth-order valence-electron chi connectivity index (χ4n) is 5.69. The number of carbonyl (C=O) groups excluding carboxylic acids is 1. The third-order valence-corrected chi connectivity index (χ3v) is 9.44. The van der Waals surface area contributed by atoms with Gasteiger partial charge in [0.15, 0.2) is 0 Å². The molecule has 4 atom stereocenters. The zero-order valence-electron chi connectivity index (χ0n) is 17.7. The Morgan fingerprint density at radius 2 is 1.72 bits per heavy atom. The number of nitrogens with zero attached hydrogens (tertiary/aromatic N) is 2. The van der Waals surface area contributed by atoms with E-state index in [9.17, 15) is 13.2 Å². The molecule has 2 saturated heterocycles. The SMILES string of the molecule is CC1CCN(C(=O)c2cccc(S(=O)(=O)N3CCCCC3C)c2)C2CCCCC12. The summed E-state index contributed by atoms with van der Waals surface area (Å²) in [6, 6.07) is 7.06. The Bertz CT molecular complexity index is 853. The summed E-state index contributed by atoms with van der Waals surface area (Å²) in [6.45, 7) is 5.64. The first kappa shape index (κ1) is 20.9. The lowest BCUT2D eigenvalue weighted by atomic mass is 9.72. The quantitative estimate of drug-likeness (QED) is 0.736. The predicted octanol–water partition coefficient (Wildman–Crippen LogP) is 4.29. The summed E-state index contributed by atoms with van der Waals surface area (Å²) in [7, 11) is -3.57. The lowest BCUT2D eigenvalue weighted by Crippen LogP contribution is -2.52. The molecule has 1 aromatic carbocycles. The first-order chi connectivity index (χ1) is 13.9. The molecule has 4 unspecified atom stereocenters. The lowest BCUT2D eigenvalue weighted by Gasteiger charge is -2.47. The first-order valence-electron chi connectivity index (χ1n) is 11.3. The molecule has 1 aliphatic carbocycles. The van der Waals surface area contributed by atoms with Crippen LogP contribution in [0, 0.1) is 11.8 Å². The molecule has 3 fully saturated rings. The first-order valence-corrected chi connectivity index (χ1v) is 12.8. The summed E-state index contributed by atoms with van der Waals surface area (Å²) in [5.41, 5.74) is 0.509. The van der Waals surface area contributed by atoms with Gasteiger partial charge in [-0.05, 0) is 69.1 Å². The van der Waals surface area contributed by atoms with Crippen molar-refractivity contribution >= 4 is 15.9 Å². The van der Waals surface area contributed by atoms with Crippen LogP contribution in [-0.4, -0.2) is 48.7 Å². The van der Waals surface area contributed by atoms with Crippen LogP contribution in [0.2, 0.25) is 0 Å². The Morgan fingerprint density at radius 1 is 0.966 bits per heavy atom. The molecule has 160 valence electrons. The molecule has 29 heavy (non-hydrogen) atoms. The molecule has 3 aliphatic rings. The van der Waals surface area contributed by atoms with E-state index >= 15 is 0 Å². The average molecular weight is 419 g/mol. The molecule has 2 aliphatic heterocycles. The summed E-state index contributed by atoms with van der Waals surface area (Å²) < 4.78 is 28.1. The maximum Gasteiger partial charge on any atom is 0.254 e. The van der Waals surface area contributed by atoms with Gasteiger partial charge in [-0.15, -0.1) is 0 Å². The van der Waals surface area contributed by atoms with Gasteiger partial charge in [0.05, 0.1) is 4.90 Å². The second-order valence-electron chi connectivity index (χ2n) is 9.27. The molecular formula is C23H34N2O3S. The Balaban J connectivity index is 1.59. The molecule has 6 heteroatoms. The van der Waals surface area contributed by atoms with Crippen LogP contribution in [0.15, 0.2) is 29.2 Å². The number of hydrogen-bond donors (Lipinski definition) is 0. The molecule has 0 bridgehead atoms. The maximum atomic E-state index is 13.4. The average Bonchev–Trinajstić information content (AvgIpc) is 2.74. The summed E-state index contributed by atoms with van der Waals surface area (Å²) in [6.07, 6.45) is 8.62. The van der Waals surface area contributed by atoms with Gasteiger partial charge in [0, 0.05) is 30.7 Å². The van der Waals surface area contributed by atoms with Gasteiger partial charge in [-0.25, -0.2) is 8.42 Å². The molecular weight excluding hydrogens is 384 g/mol. The monoisotopic (exact) mass is 418 g/mol. The van der Waals surface area contributed by atoms with Crippen LogP contribution in [0.1, 0.15) is 75.6 Å².